The molecule has 1 heterocycles. The fourth-order valence-corrected chi connectivity index (χ4v) is 2.61. The minimum absolute atomic E-state index is 0.0323. The lowest BCUT2D eigenvalue weighted by Gasteiger charge is -2.30. The van der Waals surface area contributed by atoms with Gasteiger partial charge in [-0.25, -0.2) is 0 Å². The predicted octanol–water partition coefficient (Wildman–Crippen LogP) is 2.51. The van der Waals surface area contributed by atoms with Gasteiger partial charge in [0, 0.05) is 19.2 Å². The van der Waals surface area contributed by atoms with E-state index in [0.717, 1.165) is 11.3 Å². The molecule has 1 saturated heterocycles. The van der Waals surface area contributed by atoms with Crippen molar-refractivity contribution < 1.29 is 19.1 Å². The number of esters is 1. The summed E-state index contributed by atoms with van der Waals surface area (Å²) < 4.78 is 10.2. The standard InChI is InChI=1S/C18H23NO4/c1-3-23-18(21)15-9-11-19(12-10-15)17(20)8-7-14-5-4-6-16(13-14)22-2/h4-8,13,15H,3,9-12H2,1-2H3/b8-7+. The van der Waals surface area contributed by atoms with Crippen molar-refractivity contribution in [2.75, 3.05) is 26.8 Å². The van der Waals surface area contributed by atoms with Gasteiger partial charge in [0.2, 0.25) is 5.91 Å². The molecule has 2 rings (SSSR count). The van der Waals surface area contributed by atoms with Crippen LogP contribution in [0.15, 0.2) is 30.3 Å². The van der Waals surface area contributed by atoms with E-state index in [1.54, 1.807) is 31.1 Å². The molecule has 1 amide bonds. The zero-order valence-corrected chi connectivity index (χ0v) is 13.7. The summed E-state index contributed by atoms with van der Waals surface area (Å²) in [5.74, 6) is 0.498. The van der Waals surface area contributed by atoms with E-state index in [-0.39, 0.29) is 17.8 Å². The lowest BCUT2D eigenvalue weighted by molar-refractivity contribution is -0.150. The van der Waals surface area contributed by atoms with E-state index in [4.69, 9.17) is 9.47 Å². The number of hydrogen-bond acceptors (Lipinski definition) is 4. The Morgan fingerprint density at radius 2 is 2.04 bits per heavy atom. The Morgan fingerprint density at radius 3 is 2.70 bits per heavy atom. The molecule has 0 saturated carbocycles. The van der Waals surface area contributed by atoms with Crippen molar-refractivity contribution in [2.45, 2.75) is 19.8 Å². The van der Waals surface area contributed by atoms with Crippen molar-refractivity contribution in [1.82, 2.24) is 4.90 Å². The van der Waals surface area contributed by atoms with Crippen LogP contribution < -0.4 is 4.74 Å². The summed E-state index contributed by atoms with van der Waals surface area (Å²) >= 11 is 0. The van der Waals surface area contributed by atoms with E-state index in [0.29, 0.717) is 32.5 Å². The van der Waals surface area contributed by atoms with Gasteiger partial charge in [-0.1, -0.05) is 12.1 Å². The van der Waals surface area contributed by atoms with E-state index < -0.39 is 0 Å². The molecular weight excluding hydrogens is 294 g/mol. The number of likely N-dealkylation sites (tertiary alicyclic amines) is 1. The topological polar surface area (TPSA) is 55.8 Å². The fraction of sp³-hybridized carbons (Fsp3) is 0.444. The summed E-state index contributed by atoms with van der Waals surface area (Å²) in [5, 5.41) is 0. The summed E-state index contributed by atoms with van der Waals surface area (Å²) in [6, 6.07) is 7.53. The highest BCUT2D eigenvalue weighted by Gasteiger charge is 2.27. The lowest BCUT2D eigenvalue weighted by Crippen LogP contribution is -2.39. The maximum atomic E-state index is 12.2. The molecule has 23 heavy (non-hydrogen) atoms. The average Bonchev–Trinajstić information content (AvgIpc) is 2.60. The van der Waals surface area contributed by atoms with E-state index in [9.17, 15) is 9.59 Å². The highest BCUT2D eigenvalue weighted by molar-refractivity contribution is 5.92. The number of amides is 1. The van der Waals surface area contributed by atoms with Crippen LogP contribution in [0.5, 0.6) is 5.75 Å². The van der Waals surface area contributed by atoms with Crippen LogP contribution in [0, 0.1) is 5.92 Å². The molecule has 1 aliphatic heterocycles. The SMILES string of the molecule is CCOC(=O)C1CCN(C(=O)/C=C/c2cccc(OC)c2)CC1. The zero-order chi connectivity index (χ0) is 16.7. The summed E-state index contributed by atoms with van der Waals surface area (Å²) in [6.45, 7) is 3.39. The average molecular weight is 317 g/mol. The molecule has 0 N–H and O–H groups in total. The lowest BCUT2D eigenvalue weighted by atomic mass is 9.97. The molecule has 124 valence electrons. The molecule has 0 aliphatic carbocycles. The third kappa shape index (κ3) is 4.84. The summed E-state index contributed by atoms with van der Waals surface area (Å²) in [7, 11) is 1.61. The molecule has 5 heteroatoms. The second kappa shape index (κ2) is 8.36. The third-order valence-corrected chi connectivity index (χ3v) is 3.94. The van der Waals surface area contributed by atoms with Crippen LogP contribution in [0.25, 0.3) is 6.08 Å². The highest BCUT2D eigenvalue weighted by atomic mass is 16.5. The van der Waals surface area contributed by atoms with Crippen LogP contribution in [0.2, 0.25) is 0 Å². The molecule has 0 aromatic heterocycles. The summed E-state index contributed by atoms with van der Waals surface area (Å²) in [4.78, 5) is 25.7. The van der Waals surface area contributed by atoms with E-state index >= 15 is 0 Å². The van der Waals surface area contributed by atoms with Crippen molar-refractivity contribution in [2.24, 2.45) is 5.92 Å². The number of ether oxygens (including phenoxy) is 2. The smallest absolute Gasteiger partial charge is 0.309 e. The largest absolute Gasteiger partial charge is 0.497 e. The van der Waals surface area contributed by atoms with Crippen LogP contribution >= 0.6 is 0 Å². The number of methoxy groups -OCH3 is 1. The molecule has 0 spiro atoms. The Kier molecular flexibility index (Phi) is 6.20. The summed E-state index contributed by atoms with van der Waals surface area (Å²) in [6.07, 6.45) is 4.68. The number of nitrogens with zero attached hydrogens (tertiary/aromatic N) is 1. The number of carbonyl (C=O) groups is 2. The van der Waals surface area contributed by atoms with Gasteiger partial charge in [-0.3, -0.25) is 9.59 Å². The number of piperidine rings is 1. The van der Waals surface area contributed by atoms with Crippen molar-refractivity contribution in [3.8, 4) is 5.75 Å². The normalized spacial score (nSPS) is 15.7. The maximum absolute atomic E-state index is 12.2. The Hall–Kier alpha value is -2.30. The molecular formula is C18H23NO4. The van der Waals surface area contributed by atoms with Crippen LogP contribution in [0.3, 0.4) is 0 Å². The van der Waals surface area contributed by atoms with Gasteiger partial charge in [0.05, 0.1) is 19.6 Å². The van der Waals surface area contributed by atoms with Gasteiger partial charge in [0.1, 0.15) is 5.75 Å². The number of hydrogen-bond donors (Lipinski definition) is 0. The van der Waals surface area contributed by atoms with Gasteiger partial charge in [-0.05, 0) is 43.5 Å². The Morgan fingerprint density at radius 1 is 1.30 bits per heavy atom. The van der Waals surface area contributed by atoms with Crippen LogP contribution in [-0.4, -0.2) is 43.6 Å². The van der Waals surface area contributed by atoms with Crippen LogP contribution in [0.1, 0.15) is 25.3 Å². The predicted molar refractivity (Wildman–Crippen MR) is 88.0 cm³/mol. The quantitative estimate of drug-likeness (QED) is 0.618. The van der Waals surface area contributed by atoms with Crippen molar-refractivity contribution in [3.05, 3.63) is 35.9 Å². The molecule has 1 aliphatic rings. The minimum Gasteiger partial charge on any atom is -0.497 e. The Bertz CT molecular complexity index is 574. The monoisotopic (exact) mass is 317 g/mol. The highest BCUT2D eigenvalue weighted by Crippen LogP contribution is 2.19. The second-order valence-corrected chi connectivity index (χ2v) is 5.46. The van der Waals surface area contributed by atoms with Gasteiger partial charge in [0.15, 0.2) is 0 Å². The Balaban J connectivity index is 1.87. The number of carbonyl (C=O) groups excluding carboxylic acids is 2. The van der Waals surface area contributed by atoms with E-state index in [1.807, 2.05) is 24.3 Å². The molecule has 1 fully saturated rings. The first-order chi connectivity index (χ1) is 11.1. The van der Waals surface area contributed by atoms with Crippen molar-refractivity contribution in [3.63, 3.8) is 0 Å². The Labute approximate surface area is 136 Å². The van der Waals surface area contributed by atoms with Gasteiger partial charge in [0.25, 0.3) is 0 Å². The summed E-state index contributed by atoms with van der Waals surface area (Å²) in [5.41, 5.74) is 0.916. The molecule has 0 unspecified atom stereocenters. The molecule has 0 radical (unpaired) electrons. The van der Waals surface area contributed by atoms with Crippen molar-refractivity contribution in [1.29, 1.82) is 0 Å². The first kappa shape index (κ1) is 17.1. The van der Waals surface area contributed by atoms with Gasteiger partial charge < -0.3 is 14.4 Å². The second-order valence-electron chi connectivity index (χ2n) is 5.46. The third-order valence-electron chi connectivity index (χ3n) is 3.94. The number of rotatable bonds is 5. The molecule has 1 aromatic carbocycles. The molecule has 5 nitrogen and oxygen atoms in total. The van der Waals surface area contributed by atoms with E-state index in [1.165, 1.54) is 0 Å². The molecule has 1 aromatic rings. The van der Waals surface area contributed by atoms with Crippen LogP contribution in [-0.2, 0) is 14.3 Å². The van der Waals surface area contributed by atoms with Gasteiger partial charge in [-0.15, -0.1) is 0 Å². The number of benzene rings is 1. The van der Waals surface area contributed by atoms with Crippen molar-refractivity contribution >= 4 is 18.0 Å². The zero-order valence-electron chi connectivity index (χ0n) is 13.7. The minimum atomic E-state index is -0.147. The first-order valence-corrected chi connectivity index (χ1v) is 7.91. The maximum Gasteiger partial charge on any atom is 0.309 e. The fourth-order valence-electron chi connectivity index (χ4n) is 2.61. The van der Waals surface area contributed by atoms with Crippen LogP contribution in [0.4, 0.5) is 0 Å². The molecule has 0 bridgehead atoms. The van der Waals surface area contributed by atoms with Gasteiger partial charge >= 0.3 is 5.97 Å². The molecule has 0 atom stereocenters. The first-order valence-electron chi connectivity index (χ1n) is 7.91. The van der Waals surface area contributed by atoms with E-state index in [2.05, 4.69) is 0 Å². The van der Waals surface area contributed by atoms with Gasteiger partial charge in [-0.2, -0.15) is 0 Å².